The first-order chi connectivity index (χ1) is 16.0. The molecule has 2 heterocycles. The summed E-state index contributed by atoms with van der Waals surface area (Å²) in [6, 6.07) is 4.79. The molecule has 0 radical (unpaired) electrons. The molecule has 2 aliphatic rings. The molecule has 0 saturated carbocycles. The summed E-state index contributed by atoms with van der Waals surface area (Å²) < 4.78 is 14.1. The molecule has 188 valence electrons. The average molecular weight is 476 g/mol. The molecule has 4 amide bonds. The zero-order chi connectivity index (χ0) is 25.0. The molecule has 2 fully saturated rings. The van der Waals surface area contributed by atoms with Crippen LogP contribution in [0.5, 0.6) is 0 Å². The highest BCUT2D eigenvalue weighted by atomic mass is 19.1. The van der Waals surface area contributed by atoms with Gasteiger partial charge in [0.2, 0.25) is 11.8 Å². The lowest BCUT2D eigenvalue weighted by atomic mass is 9.85. The number of halogens is 1. The lowest BCUT2D eigenvalue weighted by molar-refractivity contribution is -0.136. The number of urea groups is 1. The summed E-state index contributed by atoms with van der Waals surface area (Å²) in [7, 11) is 0. The highest BCUT2D eigenvalue weighted by Gasteiger charge is 2.39. The first-order valence-corrected chi connectivity index (χ1v) is 12.1. The normalized spacial score (nSPS) is 20.6. The SMILES string of the molecule is CC(NC(=O)N[C@H](C(=O)N1CCC[C@H]1C)C(C)(C)C)C(=O)N1CCN(c2ccccc2F)CC1. The number of likely N-dealkylation sites (tertiary alicyclic amines) is 1. The van der Waals surface area contributed by atoms with Crippen molar-refractivity contribution in [1.82, 2.24) is 20.4 Å². The van der Waals surface area contributed by atoms with Crippen LogP contribution in [0.1, 0.15) is 47.5 Å². The Balaban J connectivity index is 1.54. The second-order valence-corrected chi connectivity index (χ2v) is 10.4. The molecule has 1 aromatic carbocycles. The van der Waals surface area contributed by atoms with Crippen LogP contribution < -0.4 is 15.5 Å². The number of piperazine rings is 1. The van der Waals surface area contributed by atoms with Gasteiger partial charge in [-0.05, 0) is 44.2 Å². The second-order valence-electron chi connectivity index (χ2n) is 10.4. The Morgan fingerprint density at radius 3 is 2.21 bits per heavy atom. The maximum Gasteiger partial charge on any atom is 0.316 e. The predicted molar refractivity (Wildman–Crippen MR) is 130 cm³/mol. The molecule has 1 aromatic rings. The van der Waals surface area contributed by atoms with E-state index in [1.807, 2.05) is 37.5 Å². The van der Waals surface area contributed by atoms with Gasteiger partial charge in [0.1, 0.15) is 17.9 Å². The van der Waals surface area contributed by atoms with Crippen molar-refractivity contribution in [3.05, 3.63) is 30.1 Å². The van der Waals surface area contributed by atoms with E-state index in [4.69, 9.17) is 0 Å². The van der Waals surface area contributed by atoms with Gasteiger partial charge in [0.25, 0.3) is 0 Å². The van der Waals surface area contributed by atoms with Gasteiger partial charge in [0, 0.05) is 38.8 Å². The molecule has 3 atom stereocenters. The van der Waals surface area contributed by atoms with Crippen molar-refractivity contribution in [2.24, 2.45) is 5.41 Å². The zero-order valence-electron chi connectivity index (χ0n) is 20.9. The summed E-state index contributed by atoms with van der Waals surface area (Å²) >= 11 is 0. The maximum absolute atomic E-state index is 14.1. The van der Waals surface area contributed by atoms with Crippen LogP contribution in [0.3, 0.4) is 0 Å². The number of amides is 4. The largest absolute Gasteiger partial charge is 0.366 e. The van der Waals surface area contributed by atoms with E-state index in [0.717, 1.165) is 12.8 Å². The van der Waals surface area contributed by atoms with Crippen molar-refractivity contribution >= 4 is 23.5 Å². The summed E-state index contributed by atoms with van der Waals surface area (Å²) in [5.74, 6) is -0.564. The van der Waals surface area contributed by atoms with Gasteiger partial charge >= 0.3 is 6.03 Å². The topological polar surface area (TPSA) is 85.0 Å². The van der Waals surface area contributed by atoms with Crippen LogP contribution in [0, 0.1) is 11.2 Å². The van der Waals surface area contributed by atoms with Crippen LogP contribution in [0.25, 0.3) is 0 Å². The van der Waals surface area contributed by atoms with Gasteiger partial charge in [-0.1, -0.05) is 32.9 Å². The number of anilines is 1. The van der Waals surface area contributed by atoms with Crippen LogP contribution in [0.15, 0.2) is 24.3 Å². The molecule has 1 unspecified atom stereocenters. The Hall–Kier alpha value is -2.84. The third-order valence-electron chi connectivity index (χ3n) is 6.73. The third kappa shape index (κ3) is 5.98. The van der Waals surface area contributed by atoms with E-state index in [9.17, 15) is 18.8 Å². The van der Waals surface area contributed by atoms with Crippen molar-refractivity contribution in [3.8, 4) is 0 Å². The molecule has 8 nitrogen and oxygen atoms in total. The quantitative estimate of drug-likeness (QED) is 0.686. The number of hydrogen-bond acceptors (Lipinski definition) is 4. The summed E-state index contributed by atoms with van der Waals surface area (Å²) in [6.07, 6.45) is 1.93. The molecule has 9 heteroatoms. The van der Waals surface area contributed by atoms with Gasteiger partial charge in [0.05, 0.1) is 5.69 Å². The van der Waals surface area contributed by atoms with Crippen molar-refractivity contribution in [2.45, 2.75) is 65.6 Å². The van der Waals surface area contributed by atoms with Gasteiger partial charge < -0.3 is 25.3 Å². The van der Waals surface area contributed by atoms with Gasteiger partial charge in [-0.25, -0.2) is 9.18 Å². The van der Waals surface area contributed by atoms with Crippen molar-refractivity contribution in [1.29, 1.82) is 0 Å². The number of carbonyl (C=O) groups is 3. The molecule has 2 saturated heterocycles. The number of nitrogens with one attached hydrogen (secondary N) is 2. The van der Waals surface area contributed by atoms with E-state index < -0.39 is 23.5 Å². The molecule has 2 N–H and O–H groups in total. The van der Waals surface area contributed by atoms with Crippen LogP contribution in [0.4, 0.5) is 14.9 Å². The molecule has 34 heavy (non-hydrogen) atoms. The Morgan fingerprint density at radius 1 is 1.00 bits per heavy atom. The van der Waals surface area contributed by atoms with Crippen molar-refractivity contribution in [2.75, 3.05) is 37.6 Å². The number of benzene rings is 1. The van der Waals surface area contributed by atoms with E-state index in [1.54, 1.807) is 30.0 Å². The Bertz CT molecular complexity index is 895. The van der Waals surface area contributed by atoms with E-state index in [2.05, 4.69) is 10.6 Å². The molecule has 2 aliphatic heterocycles. The van der Waals surface area contributed by atoms with Crippen LogP contribution in [-0.4, -0.2) is 78.5 Å². The second kappa shape index (κ2) is 10.6. The minimum absolute atomic E-state index is 0.0871. The smallest absolute Gasteiger partial charge is 0.316 e. The molecule has 0 aromatic heterocycles. The van der Waals surface area contributed by atoms with Gasteiger partial charge in [-0.2, -0.15) is 0 Å². The summed E-state index contributed by atoms with van der Waals surface area (Å²) in [4.78, 5) is 44.3. The van der Waals surface area contributed by atoms with E-state index in [0.29, 0.717) is 38.4 Å². The number of hydrogen-bond donors (Lipinski definition) is 2. The molecule has 0 spiro atoms. The first kappa shape index (κ1) is 25.8. The minimum atomic E-state index is -0.749. The zero-order valence-corrected chi connectivity index (χ0v) is 20.9. The molecular weight excluding hydrogens is 437 g/mol. The van der Waals surface area contributed by atoms with Gasteiger partial charge in [-0.15, -0.1) is 0 Å². The van der Waals surface area contributed by atoms with E-state index in [1.165, 1.54) is 6.07 Å². The third-order valence-corrected chi connectivity index (χ3v) is 6.73. The Morgan fingerprint density at radius 2 is 1.65 bits per heavy atom. The number of para-hydroxylation sites is 1. The Kier molecular flexibility index (Phi) is 8.05. The molecule has 0 bridgehead atoms. The highest BCUT2D eigenvalue weighted by Crippen LogP contribution is 2.25. The fourth-order valence-electron chi connectivity index (χ4n) is 4.66. The number of rotatable bonds is 5. The van der Waals surface area contributed by atoms with Gasteiger partial charge in [-0.3, -0.25) is 9.59 Å². The fourth-order valence-corrected chi connectivity index (χ4v) is 4.66. The standard InChI is InChI=1S/C25H38FN5O3/c1-17-9-8-12-31(17)23(33)21(25(3,4)5)28-24(34)27-18(2)22(32)30-15-13-29(14-16-30)20-11-7-6-10-19(20)26/h6-7,10-11,17-18,21H,8-9,12-16H2,1-5H3,(H2,27,28,34)/t17-,18?,21-/m1/s1. The monoisotopic (exact) mass is 475 g/mol. The van der Waals surface area contributed by atoms with E-state index in [-0.39, 0.29) is 23.7 Å². The minimum Gasteiger partial charge on any atom is -0.366 e. The number of carbonyl (C=O) groups excluding carboxylic acids is 3. The fraction of sp³-hybridized carbons (Fsp3) is 0.640. The average Bonchev–Trinajstić information content (AvgIpc) is 3.22. The van der Waals surface area contributed by atoms with Gasteiger partial charge in [0.15, 0.2) is 0 Å². The number of nitrogens with zero attached hydrogens (tertiary/aromatic N) is 3. The summed E-state index contributed by atoms with van der Waals surface area (Å²) in [5.41, 5.74) is 0.0536. The highest BCUT2D eigenvalue weighted by molar-refractivity contribution is 5.91. The van der Waals surface area contributed by atoms with Crippen LogP contribution in [-0.2, 0) is 9.59 Å². The molecular formula is C25H38FN5O3. The van der Waals surface area contributed by atoms with E-state index >= 15 is 0 Å². The van der Waals surface area contributed by atoms with Crippen LogP contribution >= 0.6 is 0 Å². The lowest BCUT2D eigenvalue weighted by Gasteiger charge is -2.37. The van der Waals surface area contributed by atoms with Crippen molar-refractivity contribution in [3.63, 3.8) is 0 Å². The Labute approximate surface area is 201 Å². The van der Waals surface area contributed by atoms with Crippen molar-refractivity contribution < 1.29 is 18.8 Å². The molecule has 3 rings (SSSR count). The van der Waals surface area contributed by atoms with Crippen LogP contribution in [0.2, 0.25) is 0 Å². The summed E-state index contributed by atoms with van der Waals surface area (Å²) in [5, 5.41) is 5.52. The summed E-state index contributed by atoms with van der Waals surface area (Å²) in [6.45, 7) is 12.0. The maximum atomic E-state index is 14.1. The first-order valence-electron chi connectivity index (χ1n) is 12.1. The predicted octanol–water partition coefficient (Wildman–Crippen LogP) is 2.59. The molecule has 0 aliphatic carbocycles. The lowest BCUT2D eigenvalue weighted by Crippen LogP contribution is -2.60.